The number of oxazole rings is 1. The minimum atomic E-state index is -0.436. The number of benzene rings is 1. The average molecular weight is 271 g/mol. The fraction of sp³-hybridized carbons (Fsp3) is 0.300. The summed E-state index contributed by atoms with van der Waals surface area (Å²) in [6.45, 7) is 1.91. The monoisotopic (exact) mass is 270 g/mol. The first-order chi connectivity index (χ1) is 7.06. The molecule has 0 fully saturated rings. The molecular formula is C10H11BrN2O2. The second-order valence-corrected chi connectivity index (χ2v) is 4.55. The number of nitrogens with two attached hydrogens (primary N) is 1. The van der Waals surface area contributed by atoms with Crippen LogP contribution in [0.4, 0.5) is 0 Å². The zero-order valence-corrected chi connectivity index (χ0v) is 9.80. The van der Waals surface area contributed by atoms with Crippen molar-refractivity contribution in [1.82, 2.24) is 4.98 Å². The summed E-state index contributed by atoms with van der Waals surface area (Å²) >= 11 is 3.38. The average Bonchev–Trinajstić information content (AvgIpc) is 2.44. The predicted molar refractivity (Wildman–Crippen MR) is 61.9 cm³/mol. The number of halogens is 1. The Balaban J connectivity index is 2.65. The van der Waals surface area contributed by atoms with E-state index in [2.05, 4.69) is 20.9 Å². The molecule has 0 amide bonds. The first kappa shape index (κ1) is 10.4. The molecule has 15 heavy (non-hydrogen) atoms. The van der Waals surface area contributed by atoms with Gasteiger partial charge < -0.3 is 10.2 Å². The maximum atomic E-state index is 11.1. The molecule has 0 bridgehead atoms. The molecule has 0 spiro atoms. The number of rotatable bonds is 2. The Hall–Kier alpha value is -1.07. The van der Waals surface area contributed by atoms with Crippen molar-refractivity contribution in [2.45, 2.75) is 19.4 Å². The van der Waals surface area contributed by atoms with Crippen molar-refractivity contribution < 1.29 is 4.42 Å². The molecule has 1 aromatic heterocycles. The number of hydrogen-bond donors (Lipinski definition) is 2. The Bertz CT molecular complexity index is 542. The summed E-state index contributed by atoms with van der Waals surface area (Å²) in [6, 6.07) is 3.76. The Morgan fingerprint density at radius 3 is 3.00 bits per heavy atom. The van der Waals surface area contributed by atoms with Gasteiger partial charge in [0.15, 0.2) is 5.58 Å². The Morgan fingerprint density at radius 2 is 2.33 bits per heavy atom. The molecule has 0 aliphatic heterocycles. The molecule has 1 unspecified atom stereocenters. The molecule has 2 rings (SSSR count). The third-order valence-electron chi connectivity index (χ3n) is 2.10. The summed E-state index contributed by atoms with van der Waals surface area (Å²) < 4.78 is 5.97. The van der Waals surface area contributed by atoms with E-state index < -0.39 is 5.76 Å². The lowest BCUT2D eigenvalue weighted by Gasteiger charge is -2.05. The molecule has 80 valence electrons. The molecule has 0 aliphatic rings. The minimum Gasteiger partial charge on any atom is -0.408 e. The van der Waals surface area contributed by atoms with Crippen LogP contribution in [-0.2, 0) is 6.42 Å². The first-order valence-corrected chi connectivity index (χ1v) is 5.42. The van der Waals surface area contributed by atoms with E-state index in [9.17, 15) is 4.79 Å². The van der Waals surface area contributed by atoms with Gasteiger partial charge in [0.2, 0.25) is 0 Å². The molecule has 0 saturated carbocycles. The molecule has 4 nitrogen and oxygen atoms in total. The molecule has 1 heterocycles. The molecule has 0 aliphatic carbocycles. The molecule has 5 heteroatoms. The van der Waals surface area contributed by atoms with Crippen molar-refractivity contribution in [3.8, 4) is 0 Å². The maximum absolute atomic E-state index is 11.1. The lowest BCUT2D eigenvalue weighted by molar-refractivity contribution is 0.549. The molecule has 0 saturated heterocycles. The van der Waals surface area contributed by atoms with Crippen molar-refractivity contribution in [2.24, 2.45) is 5.73 Å². The van der Waals surface area contributed by atoms with Crippen molar-refractivity contribution in [3.63, 3.8) is 0 Å². The number of aromatic amines is 1. The van der Waals surface area contributed by atoms with E-state index in [-0.39, 0.29) is 6.04 Å². The fourth-order valence-corrected chi connectivity index (χ4v) is 2.10. The Labute approximate surface area is 94.6 Å². The number of nitrogens with one attached hydrogen (secondary N) is 1. The van der Waals surface area contributed by atoms with Crippen LogP contribution in [-0.4, -0.2) is 11.0 Å². The quantitative estimate of drug-likeness (QED) is 0.874. The van der Waals surface area contributed by atoms with Crippen molar-refractivity contribution >= 4 is 27.0 Å². The summed E-state index contributed by atoms with van der Waals surface area (Å²) in [5, 5.41) is 0. The van der Waals surface area contributed by atoms with Crippen LogP contribution in [0.25, 0.3) is 11.1 Å². The summed E-state index contributed by atoms with van der Waals surface area (Å²) in [7, 11) is 0. The van der Waals surface area contributed by atoms with Gasteiger partial charge in [0.1, 0.15) is 0 Å². The smallest absolute Gasteiger partial charge is 0.408 e. The van der Waals surface area contributed by atoms with Gasteiger partial charge in [-0.2, -0.15) is 0 Å². The molecular weight excluding hydrogens is 260 g/mol. The van der Waals surface area contributed by atoms with Crippen LogP contribution in [0.5, 0.6) is 0 Å². The van der Waals surface area contributed by atoms with Gasteiger partial charge in [-0.1, -0.05) is 15.9 Å². The van der Waals surface area contributed by atoms with Crippen LogP contribution in [0, 0.1) is 0 Å². The Morgan fingerprint density at radius 1 is 1.60 bits per heavy atom. The van der Waals surface area contributed by atoms with Crippen LogP contribution >= 0.6 is 15.9 Å². The molecule has 0 radical (unpaired) electrons. The van der Waals surface area contributed by atoms with Gasteiger partial charge in [-0.15, -0.1) is 0 Å². The lowest BCUT2D eigenvalue weighted by Crippen LogP contribution is -2.17. The highest BCUT2D eigenvalue weighted by Crippen LogP contribution is 2.23. The van der Waals surface area contributed by atoms with Crippen LogP contribution in [0.1, 0.15) is 12.5 Å². The van der Waals surface area contributed by atoms with E-state index >= 15 is 0 Å². The van der Waals surface area contributed by atoms with E-state index in [1.54, 1.807) is 0 Å². The zero-order valence-electron chi connectivity index (χ0n) is 8.21. The third kappa shape index (κ3) is 2.13. The van der Waals surface area contributed by atoms with E-state index in [4.69, 9.17) is 10.2 Å². The summed E-state index contributed by atoms with van der Waals surface area (Å²) in [5.74, 6) is -0.436. The summed E-state index contributed by atoms with van der Waals surface area (Å²) in [6.07, 6.45) is 0.677. The standard InChI is InChI=1S/C10H11BrN2O2/c1-5(12)2-6-3-7(11)4-8-9(6)15-10(14)13-8/h3-5H,2,12H2,1H3,(H,13,14). The van der Waals surface area contributed by atoms with E-state index in [1.807, 2.05) is 19.1 Å². The predicted octanol–water partition coefficient (Wildman–Crippen LogP) is 1.77. The highest BCUT2D eigenvalue weighted by Gasteiger charge is 2.10. The second-order valence-electron chi connectivity index (χ2n) is 3.64. The number of fused-ring (bicyclic) bond motifs is 1. The largest absolute Gasteiger partial charge is 0.417 e. The molecule has 1 atom stereocenters. The highest BCUT2D eigenvalue weighted by atomic mass is 79.9. The molecule has 1 aromatic carbocycles. The maximum Gasteiger partial charge on any atom is 0.417 e. The van der Waals surface area contributed by atoms with Crippen LogP contribution in [0.2, 0.25) is 0 Å². The normalized spacial score (nSPS) is 13.3. The van der Waals surface area contributed by atoms with Gasteiger partial charge in [-0.05, 0) is 31.0 Å². The van der Waals surface area contributed by atoms with E-state index in [0.717, 1.165) is 10.0 Å². The van der Waals surface area contributed by atoms with Gasteiger partial charge in [-0.3, -0.25) is 4.98 Å². The van der Waals surface area contributed by atoms with Gasteiger partial charge in [-0.25, -0.2) is 4.79 Å². The highest BCUT2D eigenvalue weighted by molar-refractivity contribution is 9.10. The molecule has 3 N–H and O–H groups in total. The van der Waals surface area contributed by atoms with E-state index in [0.29, 0.717) is 17.5 Å². The second kappa shape index (κ2) is 3.83. The van der Waals surface area contributed by atoms with Gasteiger partial charge >= 0.3 is 5.76 Å². The minimum absolute atomic E-state index is 0.0303. The Kier molecular flexibility index (Phi) is 2.67. The fourth-order valence-electron chi connectivity index (χ4n) is 1.59. The summed E-state index contributed by atoms with van der Waals surface area (Å²) in [4.78, 5) is 13.7. The van der Waals surface area contributed by atoms with Crippen molar-refractivity contribution in [3.05, 3.63) is 32.7 Å². The van der Waals surface area contributed by atoms with Crippen LogP contribution < -0.4 is 11.5 Å². The van der Waals surface area contributed by atoms with Crippen molar-refractivity contribution in [1.29, 1.82) is 0 Å². The summed E-state index contributed by atoms with van der Waals surface area (Å²) in [5.41, 5.74) is 7.96. The van der Waals surface area contributed by atoms with Crippen LogP contribution in [0.15, 0.2) is 25.8 Å². The number of aromatic nitrogens is 1. The topological polar surface area (TPSA) is 72.0 Å². The van der Waals surface area contributed by atoms with Gasteiger partial charge in [0.05, 0.1) is 5.52 Å². The van der Waals surface area contributed by atoms with Gasteiger partial charge in [0.25, 0.3) is 0 Å². The number of H-pyrrole nitrogens is 1. The zero-order chi connectivity index (χ0) is 11.0. The van der Waals surface area contributed by atoms with Crippen molar-refractivity contribution in [2.75, 3.05) is 0 Å². The third-order valence-corrected chi connectivity index (χ3v) is 2.56. The van der Waals surface area contributed by atoms with E-state index in [1.165, 1.54) is 0 Å². The van der Waals surface area contributed by atoms with Crippen LogP contribution in [0.3, 0.4) is 0 Å². The lowest BCUT2D eigenvalue weighted by atomic mass is 10.1. The SMILES string of the molecule is CC(N)Cc1cc(Br)cc2[nH]c(=O)oc12. The number of hydrogen-bond acceptors (Lipinski definition) is 3. The molecule has 2 aromatic rings. The van der Waals surface area contributed by atoms with Gasteiger partial charge in [0, 0.05) is 10.5 Å². The first-order valence-electron chi connectivity index (χ1n) is 4.63.